The number of ether oxygens (including phenoxy) is 3. The van der Waals surface area contributed by atoms with E-state index in [1.807, 2.05) is 68.4 Å². The lowest BCUT2D eigenvalue weighted by molar-refractivity contribution is 0.0951. The number of amides is 1. The number of carbonyl (C=O) groups excluding carboxylic acids is 1. The topological polar surface area (TPSA) is 56.8 Å². The third-order valence-corrected chi connectivity index (χ3v) is 4.23. The number of hydrogen-bond acceptors (Lipinski definition) is 4. The van der Waals surface area contributed by atoms with Gasteiger partial charge in [0.2, 0.25) is 0 Å². The molecule has 0 bridgehead atoms. The second-order valence-electron chi connectivity index (χ2n) is 7.03. The molecule has 0 aliphatic carbocycles. The first-order valence-corrected chi connectivity index (χ1v) is 10.0. The minimum atomic E-state index is -0.128. The van der Waals surface area contributed by atoms with E-state index in [4.69, 9.17) is 14.2 Å². The Bertz CT molecular complexity index is 906. The second kappa shape index (κ2) is 10.9. The van der Waals surface area contributed by atoms with Crippen molar-refractivity contribution >= 4 is 5.91 Å². The molecule has 1 amide bonds. The summed E-state index contributed by atoms with van der Waals surface area (Å²) < 4.78 is 16.9. The van der Waals surface area contributed by atoms with Crippen LogP contribution in [0.15, 0.2) is 78.9 Å². The van der Waals surface area contributed by atoms with Crippen LogP contribution >= 0.6 is 0 Å². The molecule has 3 aromatic rings. The van der Waals surface area contributed by atoms with E-state index < -0.39 is 0 Å². The van der Waals surface area contributed by atoms with Crippen LogP contribution in [0.3, 0.4) is 0 Å². The standard InChI is InChI=1S/C25H27NO4/c1-19(2)30-24-12-8-20(9-13-24)18-26-25(27)21-10-14-23(15-11-21)29-17-16-28-22-6-4-3-5-7-22/h3-15,19H,16-18H2,1-2H3,(H,26,27). The van der Waals surface area contributed by atoms with Crippen molar-refractivity contribution in [2.75, 3.05) is 13.2 Å². The average Bonchev–Trinajstić information content (AvgIpc) is 2.77. The quantitative estimate of drug-likeness (QED) is 0.489. The smallest absolute Gasteiger partial charge is 0.251 e. The van der Waals surface area contributed by atoms with Gasteiger partial charge >= 0.3 is 0 Å². The molecule has 30 heavy (non-hydrogen) atoms. The van der Waals surface area contributed by atoms with Crippen LogP contribution in [0.4, 0.5) is 0 Å². The number of para-hydroxylation sites is 1. The first kappa shape index (κ1) is 21.2. The maximum Gasteiger partial charge on any atom is 0.251 e. The third-order valence-electron chi connectivity index (χ3n) is 4.23. The van der Waals surface area contributed by atoms with Crippen LogP contribution in [0, 0.1) is 0 Å². The summed E-state index contributed by atoms with van der Waals surface area (Å²) in [5.41, 5.74) is 1.60. The van der Waals surface area contributed by atoms with Crippen molar-refractivity contribution in [1.29, 1.82) is 0 Å². The van der Waals surface area contributed by atoms with E-state index in [1.54, 1.807) is 24.3 Å². The molecule has 0 radical (unpaired) electrons. The molecule has 156 valence electrons. The summed E-state index contributed by atoms with van der Waals surface area (Å²) in [6, 6.07) is 24.4. The van der Waals surface area contributed by atoms with E-state index in [-0.39, 0.29) is 12.0 Å². The largest absolute Gasteiger partial charge is 0.491 e. The van der Waals surface area contributed by atoms with Gasteiger partial charge in [0.15, 0.2) is 0 Å². The van der Waals surface area contributed by atoms with Crippen molar-refractivity contribution in [3.8, 4) is 17.2 Å². The van der Waals surface area contributed by atoms with Crippen LogP contribution in [-0.4, -0.2) is 25.2 Å². The van der Waals surface area contributed by atoms with Gasteiger partial charge in [0, 0.05) is 12.1 Å². The SMILES string of the molecule is CC(C)Oc1ccc(CNC(=O)c2ccc(OCCOc3ccccc3)cc2)cc1. The van der Waals surface area contributed by atoms with Crippen LogP contribution in [0.5, 0.6) is 17.2 Å². The van der Waals surface area contributed by atoms with Gasteiger partial charge in [0.1, 0.15) is 30.5 Å². The Morgan fingerprint density at radius 3 is 1.93 bits per heavy atom. The molecular formula is C25H27NO4. The lowest BCUT2D eigenvalue weighted by Crippen LogP contribution is -2.22. The summed E-state index contributed by atoms with van der Waals surface area (Å²) in [7, 11) is 0. The molecule has 0 spiro atoms. The molecule has 0 fully saturated rings. The highest BCUT2D eigenvalue weighted by molar-refractivity contribution is 5.94. The molecule has 0 heterocycles. The van der Waals surface area contributed by atoms with Crippen molar-refractivity contribution in [1.82, 2.24) is 5.32 Å². The van der Waals surface area contributed by atoms with Crippen LogP contribution < -0.4 is 19.5 Å². The van der Waals surface area contributed by atoms with Gasteiger partial charge in [-0.2, -0.15) is 0 Å². The van der Waals surface area contributed by atoms with Crippen molar-refractivity contribution in [2.24, 2.45) is 0 Å². The van der Waals surface area contributed by atoms with Gasteiger partial charge < -0.3 is 19.5 Å². The number of benzene rings is 3. The third kappa shape index (κ3) is 6.85. The molecule has 0 aliphatic heterocycles. The molecule has 0 saturated heterocycles. The van der Waals surface area contributed by atoms with Gasteiger partial charge in [-0.3, -0.25) is 4.79 Å². The summed E-state index contributed by atoms with van der Waals surface area (Å²) in [6.45, 7) is 5.31. The minimum absolute atomic E-state index is 0.128. The minimum Gasteiger partial charge on any atom is -0.491 e. The molecule has 0 atom stereocenters. The van der Waals surface area contributed by atoms with Gasteiger partial charge in [-0.25, -0.2) is 0 Å². The van der Waals surface area contributed by atoms with Gasteiger partial charge in [-0.15, -0.1) is 0 Å². The molecule has 3 aromatic carbocycles. The highest BCUT2D eigenvalue weighted by atomic mass is 16.5. The lowest BCUT2D eigenvalue weighted by Gasteiger charge is -2.11. The van der Waals surface area contributed by atoms with Crippen LogP contribution in [0.25, 0.3) is 0 Å². The fourth-order valence-electron chi connectivity index (χ4n) is 2.78. The Labute approximate surface area is 177 Å². The fraction of sp³-hybridized carbons (Fsp3) is 0.240. The van der Waals surface area contributed by atoms with E-state index in [2.05, 4.69) is 5.32 Å². The van der Waals surface area contributed by atoms with Gasteiger partial charge in [0.05, 0.1) is 6.10 Å². The van der Waals surface area contributed by atoms with E-state index in [0.717, 1.165) is 17.1 Å². The van der Waals surface area contributed by atoms with E-state index in [0.29, 0.717) is 31.1 Å². The fourth-order valence-corrected chi connectivity index (χ4v) is 2.78. The number of nitrogens with one attached hydrogen (secondary N) is 1. The molecule has 3 rings (SSSR count). The predicted octanol–water partition coefficient (Wildman–Crippen LogP) is 4.86. The lowest BCUT2D eigenvalue weighted by atomic mass is 10.2. The maximum atomic E-state index is 12.4. The molecule has 0 aromatic heterocycles. The zero-order valence-corrected chi connectivity index (χ0v) is 17.3. The number of rotatable bonds is 10. The summed E-state index contributed by atoms with van der Waals surface area (Å²) in [5.74, 6) is 2.21. The monoisotopic (exact) mass is 405 g/mol. The summed E-state index contributed by atoms with van der Waals surface area (Å²) in [6.07, 6.45) is 0.138. The molecule has 5 heteroatoms. The van der Waals surface area contributed by atoms with Crippen molar-refractivity contribution in [3.63, 3.8) is 0 Å². The zero-order chi connectivity index (χ0) is 21.2. The Morgan fingerprint density at radius 2 is 1.33 bits per heavy atom. The molecule has 0 saturated carbocycles. The van der Waals surface area contributed by atoms with Gasteiger partial charge in [0.25, 0.3) is 5.91 Å². The van der Waals surface area contributed by atoms with Crippen LogP contribution in [0.1, 0.15) is 29.8 Å². The summed E-state index contributed by atoms with van der Waals surface area (Å²) in [4.78, 5) is 12.4. The van der Waals surface area contributed by atoms with E-state index >= 15 is 0 Å². The first-order chi connectivity index (χ1) is 14.6. The molecule has 0 aliphatic rings. The van der Waals surface area contributed by atoms with E-state index in [9.17, 15) is 4.79 Å². The zero-order valence-electron chi connectivity index (χ0n) is 17.3. The van der Waals surface area contributed by atoms with Crippen molar-refractivity contribution in [2.45, 2.75) is 26.5 Å². The van der Waals surface area contributed by atoms with Crippen molar-refractivity contribution in [3.05, 3.63) is 90.0 Å². The molecule has 1 N–H and O–H groups in total. The van der Waals surface area contributed by atoms with Crippen molar-refractivity contribution < 1.29 is 19.0 Å². The maximum absolute atomic E-state index is 12.4. The molecule has 0 unspecified atom stereocenters. The van der Waals surface area contributed by atoms with E-state index in [1.165, 1.54) is 0 Å². The van der Waals surface area contributed by atoms with Crippen LogP contribution in [0.2, 0.25) is 0 Å². The summed E-state index contributed by atoms with van der Waals surface area (Å²) >= 11 is 0. The second-order valence-corrected chi connectivity index (χ2v) is 7.03. The Morgan fingerprint density at radius 1 is 0.767 bits per heavy atom. The predicted molar refractivity (Wildman–Crippen MR) is 117 cm³/mol. The Balaban J connectivity index is 1.41. The number of hydrogen-bond donors (Lipinski definition) is 1. The van der Waals surface area contributed by atoms with Gasteiger partial charge in [-0.1, -0.05) is 30.3 Å². The van der Waals surface area contributed by atoms with Crippen LogP contribution in [-0.2, 0) is 6.54 Å². The highest BCUT2D eigenvalue weighted by Gasteiger charge is 2.06. The number of carbonyl (C=O) groups is 1. The highest BCUT2D eigenvalue weighted by Crippen LogP contribution is 2.15. The molecule has 5 nitrogen and oxygen atoms in total. The Kier molecular flexibility index (Phi) is 7.72. The van der Waals surface area contributed by atoms with Gasteiger partial charge in [-0.05, 0) is 67.9 Å². The first-order valence-electron chi connectivity index (χ1n) is 10.0. The molecular weight excluding hydrogens is 378 g/mol. The normalized spacial score (nSPS) is 10.5. The Hall–Kier alpha value is -3.47. The summed E-state index contributed by atoms with van der Waals surface area (Å²) in [5, 5.41) is 2.92. The average molecular weight is 405 g/mol.